The fraction of sp³-hybridized carbons (Fsp3) is 0.682. The molecular weight excluding hydrogens is 889 g/mol. The molecule has 0 aromatic rings. The van der Waals surface area contributed by atoms with Crippen molar-refractivity contribution in [2.75, 3.05) is 13.2 Å². The molecule has 0 saturated heterocycles. The highest BCUT2D eigenvalue weighted by Gasteiger charge is 2.19. The quantitative estimate of drug-likeness (QED) is 0.0261. The Morgan fingerprint density at radius 2 is 0.542 bits per heavy atom. The lowest BCUT2D eigenvalue weighted by Gasteiger charge is -2.18. The first-order valence-corrected chi connectivity index (χ1v) is 29.9. The number of ether oxygens (including phenoxy) is 3. The van der Waals surface area contributed by atoms with Crippen molar-refractivity contribution in [1.29, 1.82) is 0 Å². The van der Waals surface area contributed by atoms with E-state index in [1.54, 1.807) is 0 Å². The van der Waals surface area contributed by atoms with E-state index in [-0.39, 0.29) is 31.1 Å². The maximum absolute atomic E-state index is 12.8. The van der Waals surface area contributed by atoms with Gasteiger partial charge >= 0.3 is 17.9 Å². The highest BCUT2D eigenvalue weighted by atomic mass is 16.6. The molecular formula is C66H110O6. The summed E-state index contributed by atoms with van der Waals surface area (Å²) in [4.78, 5) is 37.9. The number of hydrogen-bond acceptors (Lipinski definition) is 6. The van der Waals surface area contributed by atoms with Gasteiger partial charge in [0.2, 0.25) is 0 Å². The zero-order valence-corrected chi connectivity index (χ0v) is 46.9. The molecule has 0 aromatic heterocycles. The van der Waals surface area contributed by atoms with Crippen molar-refractivity contribution >= 4 is 17.9 Å². The number of allylic oxidation sites excluding steroid dienone is 18. The molecule has 6 nitrogen and oxygen atoms in total. The lowest BCUT2D eigenvalue weighted by molar-refractivity contribution is -0.167. The minimum absolute atomic E-state index is 0.0824. The molecule has 0 aliphatic carbocycles. The van der Waals surface area contributed by atoms with Gasteiger partial charge in [0.25, 0.3) is 0 Å². The SMILES string of the molecule is CC/C=C\C/C=C\C/C=C\C/C=C\C/C=C\C/C=C\C/C=C\C/C=C\C/C=C\CCCCCCCC(=O)OCC(COC(=O)CCCCCCCC)OC(=O)CCCCCCCCCCCCCCCCC. The van der Waals surface area contributed by atoms with Crippen LogP contribution in [0.1, 0.15) is 271 Å². The minimum Gasteiger partial charge on any atom is -0.462 e. The van der Waals surface area contributed by atoms with Crippen LogP contribution < -0.4 is 0 Å². The van der Waals surface area contributed by atoms with Crippen LogP contribution in [0.25, 0.3) is 0 Å². The lowest BCUT2D eigenvalue weighted by atomic mass is 10.0. The summed E-state index contributed by atoms with van der Waals surface area (Å²) in [6.07, 6.45) is 81.2. The molecule has 0 saturated carbocycles. The molecule has 0 N–H and O–H groups in total. The predicted molar refractivity (Wildman–Crippen MR) is 311 cm³/mol. The lowest BCUT2D eigenvalue weighted by Crippen LogP contribution is -2.30. The van der Waals surface area contributed by atoms with Gasteiger partial charge in [-0.15, -0.1) is 0 Å². The van der Waals surface area contributed by atoms with E-state index in [1.807, 2.05) is 0 Å². The van der Waals surface area contributed by atoms with E-state index in [9.17, 15) is 14.4 Å². The molecule has 0 heterocycles. The maximum Gasteiger partial charge on any atom is 0.306 e. The Labute approximate surface area is 444 Å². The number of hydrogen-bond donors (Lipinski definition) is 0. The first kappa shape index (κ1) is 68.1. The van der Waals surface area contributed by atoms with Crippen LogP contribution in [0, 0.1) is 0 Å². The zero-order valence-electron chi connectivity index (χ0n) is 46.9. The topological polar surface area (TPSA) is 78.9 Å². The summed E-state index contributed by atoms with van der Waals surface area (Å²) in [6, 6.07) is 0. The van der Waals surface area contributed by atoms with E-state index in [0.29, 0.717) is 19.3 Å². The molecule has 410 valence electrons. The molecule has 0 aromatic carbocycles. The van der Waals surface area contributed by atoms with Gasteiger partial charge < -0.3 is 14.2 Å². The maximum atomic E-state index is 12.8. The van der Waals surface area contributed by atoms with Gasteiger partial charge in [-0.05, 0) is 89.9 Å². The van der Waals surface area contributed by atoms with Crippen LogP contribution in [0.2, 0.25) is 0 Å². The molecule has 0 spiro atoms. The monoisotopic (exact) mass is 999 g/mol. The number of rotatable bonds is 53. The number of carbonyl (C=O) groups is 3. The average Bonchev–Trinajstić information content (AvgIpc) is 3.38. The predicted octanol–water partition coefficient (Wildman–Crippen LogP) is 20.3. The summed E-state index contributed by atoms with van der Waals surface area (Å²) in [5, 5.41) is 0. The largest absolute Gasteiger partial charge is 0.462 e. The Kier molecular flexibility index (Phi) is 56.4. The molecule has 72 heavy (non-hydrogen) atoms. The average molecular weight is 1000 g/mol. The molecule has 1 atom stereocenters. The summed E-state index contributed by atoms with van der Waals surface area (Å²) in [7, 11) is 0. The second-order valence-electron chi connectivity index (χ2n) is 19.5. The third-order valence-corrected chi connectivity index (χ3v) is 12.5. The van der Waals surface area contributed by atoms with E-state index < -0.39 is 6.10 Å². The summed E-state index contributed by atoms with van der Waals surface area (Å²) in [5.41, 5.74) is 0. The molecule has 1 unspecified atom stereocenters. The fourth-order valence-electron chi connectivity index (χ4n) is 8.08. The summed E-state index contributed by atoms with van der Waals surface area (Å²) in [5.74, 6) is -0.909. The van der Waals surface area contributed by atoms with E-state index in [4.69, 9.17) is 14.2 Å². The van der Waals surface area contributed by atoms with Crippen molar-refractivity contribution in [3.63, 3.8) is 0 Å². The van der Waals surface area contributed by atoms with Crippen LogP contribution in [-0.2, 0) is 28.6 Å². The second-order valence-corrected chi connectivity index (χ2v) is 19.5. The summed E-state index contributed by atoms with van der Waals surface area (Å²) >= 11 is 0. The van der Waals surface area contributed by atoms with Gasteiger partial charge in [-0.1, -0.05) is 271 Å². The standard InChI is InChI=1S/C66H110O6/c1-4-7-10-13-16-18-20-22-24-25-26-27-28-29-30-31-32-33-34-35-36-37-38-39-40-41-43-44-46-48-50-53-56-59-65(68)71-62-63(61-70-64(67)58-55-52-15-12-9-6-3)72-66(69)60-57-54-51-49-47-45-42-23-21-19-17-14-11-8-5-2/h7,10,16,18,22,24,26-27,29-30,32-33,35-36,38-39,41,43,63H,4-6,8-9,11-15,17,19-21,23,25,28,31,34,37,40,42,44-62H2,1-3H3/b10-7-,18-16-,24-22-,27-26-,30-29-,33-32-,36-35-,39-38-,43-41-. The van der Waals surface area contributed by atoms with Crippen LogP contribution in [0.3, 0.4) is 0 Å². The third kappa shape index (κ3) is 57.0. The van der Waals surface area contributed by atoms with Crippen molar-refractivity contribution in [3.05, 3.63) is 109 Å². The van der Waals surface area contributed by atoms with Crippen molar-refractivity contribution in [2.24, 2.45) is 0 Å². The number of carbonyl (C=O) groups excluding carboxylic acids is 3. The van der Waals surface area contributed by atoms with E-state index >= 15 is 0 Å². The van der Waals surface area contributed by atoms with Crippen molar-refractivity contribution < 1.29 is 28.6 Å². The van der Waals surface area contributed by atoms with Gasteiger partial charge in [-0.25, -0.2) is 0 Å². The highest BCUT2D eigenvalue weighted by molar-refractivity contribution is 5.71. The Hall–Kier alpha value is -3.93. The van der Waals surface area contributed by atoms with Gasteiger partial charge in [0.1, 0.15) is 13.2 Å². The number of unbranched alkanes of at least 4 members (excludes halogenated alkanes) is 24. The summed E-state index contributed by atoms with van der Waals surface area (Å²) < 4.78 is 16.7. The molecule has 0 aliphatic heterocycles. The van der Waals surface area contributed by atoms with Crippen LogP contribution in [0.4, 0.5) is 0 Å². The van der Waals surface area contributed by atoms with Crippen molar-refractivity contribution in [3.8, 4) is 0 Å². The Morgan fingerprint density at radius 3 is 0.847 bits per heavy atom. The third-order valence-electron chi connectivity index (χ3n) is 12.5. The van der Waals surface area contributed by atoms with Crippen LogP contribution in [-0.4, -0.2) is 37.2 Å². The normalized spacial score (nSPS) is 12.9. The Morgan fingerprint density at radius 1 is 0.292 bits per heavy atom. The van der Waals surface area contributed by atoms with Crippen LogP contribution >= 0.6 is 0 Å². The molecule has 0 aliphatic rings. The first-order valence-electron chi connectivity index (χ1n) is 29.9. The fourth-order valence-corrected chi connectivity index (χ4v) is 8.08. The summed E-state index contributed by atoms with van der Waals surface area (Å²) in [6.45, 7) is 6.46. The van der Waals surface area contributed by atoms with Gasteiger partial charge in [-0.2, -0.15) is 0 Å². The smallest absolute Gasteiger partial charge is 0.306 e. The van der Waals surface area contributed by atoms with E-state index in [2.05, 4.69) is 130 Å². The van der Waals surface area contributed by atoms with Crippen LogP contribution in [0.15, 0.2) is 109 Å². The molecule has 0 fully saturated rings. The van der Waals surface area contributed by atoms with Gasteiger partial charge in [-0.3, -0.25) is 14.4 Å². The number of esters is 3. The van der Waals surface area contributed by atoms with Crippen LogP contribution in [0.5, 0.6) is 0 Å². The molecule has 0 radical (unpaired) electrons. The van der Waals surface area contributed by atoms with Gasteiger partial charge in [0.05, 0.1) is 0 Å². The zero-order chi connectivity index (χ0) is 52.2. The second kappa shape index (κ2) is 59.6. The minimum atomic E-state index is -0.781. The van der Waals surface area contributed by atoms with Crippen molar-refractivity contribution in [2.45, 2.75) is 277 Å². The Bertz CT molecular complexity index is 1470. The molecule has 0 amide bonds. The highest BCUT2D eigenvalue weighted by Crippen LogP contribution is 2.15. The molecule has 0 rings (SSSR count). The van der Waals surface area contributed by atoms with Gasteiger partial charge in [0, 0.05) is 19.3 Å². The van der Waals surface area contributed by atoms with Gasteiger partial charge in [0.15, 0.2) is 6.10 Å². The van der Waals surface area contributed by atoms with E-state index in [1.165, 1.54) is 96.3 Å². The van der Waals surface area contributed by atoms with E-state index in [0.717, 1.165) is 135 Å². The molecule has 0 bridgehead atoms. The molecule has 6 heteroatoms. The Balaban J connectivity index is 4.14. The first-order chi connectivity index (χ1) is 35.5. The van der Waals surface area contributed by atoms with Crippen molar-refractivity contribution in [1.82, 2.24) is 0 Å².